The number of aliphatic hydroxyl groups is 2. The first-order chi connectivity index (χ1) is 30.0. The number of hydrogen-bond acceptors (Lipinski definition) is 5. The topological polar surface area (TPSA) is 95.9 Å². The van der Waals surface area contributed by atoms with Gasteiger partial charge in [0, 0.05) is 6.42 Å². The Kier molecular flexibility index (Phi) is 45.7. The molecule has 0 spiro atoms. The van der Waals surface area contributed by atoms with Crippen molar-refractivity contribution < 1.29 is 24.5 Å². The van der Waals surface area contributed by atoms with Gasteiger partial charge in [-0.2, -0.15) is 0 Å². The third kappa shape index (κ3) is 43.5. The predicted molar refractivity (Wildman–Crippen MR) is 264 cm³/mol. The quantitative estimate of drug-likeness (QED) is 0.0322. The van der Waals surface area contributed by atoms with Crippen molar-refractivity contribution in [3.05, 3.63) is 85.1 Å². The number of aliphatic hydroxyl groups excluding tert-OH is 2. The Morgan fingerprint density at radius 2 is 0.885 bits per heavy atom. The Morgan fingerprint density at radius 1 is 0.492 bits per heavy atom. The van der Waals surface area contributed by atoms with Crippen LogP contribution in [0.2, 0.25) is 0 Å². The fraction of sp³-hybridized carbons (Fsp3) is 0.709. The fourth-order valence-electron chi connectivity index (χ4n) is 7.20. The van der Waals surface area contributed by atoms with Gasteiger partial charge < -0.3 is 20.3 Å². The van der Waals surface area contributed by atoms with E-state index in [2.05, 4.69) is 111 Å². The van der Waals surface area contributed by atoms with Crippen molar-refractivity contribution in [2.24, 2.45) is 0 Å². The molecular weight excluding hydrogens is 755 g/mol. The monoisotopic (exact) mass is 850 g/mol. The SMILES string of the molecule is CC/C=C\C/C=C\C/C=C\C/C=C\C/C=C\CCCCCC(=O)OC(CCCCCCC/C=C/C/C=C/CC)CC(=O)NC(CO)C(O)CCCCCCCCCCCCC. The van der Waals surface area contributed by atoms with E-state index in [4.69, 9.17) is 4.74 Å². The highest BCUT2D eigenvalue weighted by Gasteiger charge is 2.24. The van der Waals surface area contributed by atoms with Gasteiger partial charge in [-0.1, -0.05) is 202 Å². The van der Waals surface area contributed by atoms with Crippen LogP contribution in [0.15, 0.2) is 85.1 Å². The first kappa shape index (κ1) is 58.0. The van der Waals surface area contributed by atoms with Crippen LogP contribution in [0.4, 0.5) is 0 Å². The molecule has 0 aromatic rings. The zero-order chi connectivity index (χ0) is 44.5. The van der Waals surface area contributed by atoms with Crippen LogP contribution in [0.1, 0.15) is 226 Å². The normalized spacial score (nSPS) is 14.0. The van der Waals surface area contributed by atoms with Crippen LogP contribution < -0.4 is 5.32 Å². The zero-order valence-corrected chi connectivity index (χ0v) is 39.8. The number of esters is 1. The van der Waals surface area contributed by atoms with Gasteiger partial charge in [0.05, 0.1) is 25.2 Å². The van der Waals surface area contributed by atoms with E-state index in [1.807, 2.05) is 0 Å². The number of carbonyl (C=O) groups excluding carboxylic acids is 2. The Labute approximate surface area is 376 Å². The number of rotatable bonds is 44. The summed E-state index contributed by atoms with van der Waals surface area (Å²) in [5.41, 5.74) is 0. The first-order valence-corrected chi connectivity index (χ1v) is 25.3. The zero-order valence-electron chi connectivity index (χ0n) is 39.8. The lowest BCUT2D eigenvalue weighted by molar-refractivity contribution is -0.151. The van der Waals surface area contributed by atoms with Crippen LogP contribution in [0.3, 0.4) is 0 Å². The average molecular weight is 850 g/mol. The van der Waals surface area contributed by atoms with Gasteiger partial charge in [-0.15, -0.1) is 0 Å². The number of amides is 1. The summed E-state index contributed by atoms with van der Waals surface area (Å²) in [5, 5.41) is 23.7. The standard InChI is InChI=1S/C55H95NO5/c1-4-7-10-13-16-19-22-24-25-26-27-28-29-30-33-36-39-42-45-48-55(60)61-51(46-43-40-37-34-32-23-20-17-14-11-8-5-2)49-54(59)56-52(50-57)53(58)47-44-41-38-35-31-21-18-15-12-9-6-3/h7-8,10-11,16-17,19-20,24-25,27-28,30,33,51-53,57-58H,4-6,9,12-15,18,21-23,26,29,31-32,34-50H2,1-3H3,(H,56,59)/b10-7-,11-8+,19-16-,20-17+,25-24-,28-27-,33-30-. The second kappa shape index (κ2) is 48.1. The van der Waals surface area contributed by atoms with Crippen molar-refractivity contribution in [2.45, 2.75) is 244 Å². The molecule has 0 saturated carbocycles. The maximum Gasteiger partial charge on any atom is 0.306 e. The molecule has 61 heavy (non-hydrogen) atoms. The molecule has 3 atom stereocenters. The number of unbranched alkanes of at least 4 members (excludes halogenated alkanes) is 18. The Morgan fingerprint density at radius 3 is 1.34 bits per heavy atom. The molecule has 0 bridgehead atoms. The molecule has 350 valence electrons. The molecule has 1 amide bonds. The van der Waals surface area contributed by atoms with Crippen molar-refractivity contribution in [3.8, 4) is 0 Å². The van der Waals surface area contributed by atoms with Gasteiger partial charge in [-0.25, -0.2) is 0 Å². The molecule has 6 nitrogen and oxygen atoms in total. The van der Waals surface area contributed by atoms with Crippen LogP contribution in [0.5, 0.6) is 0 Å². The van der Waals surface area contributed by atoms with Gasteiger partial charge in [0.1, 0.15) is 6.10 Å². The van der Waals surface area contributed by atoms with E-state index in [1.165, 1.54) is 57.8 Å². The molecule has 0 aliphatic carbocycles. The van der Waals surface area contributed by atoms with Crippen molar-refractivity contribution in [1.82, 2.24) is 5.32 Å². The Bertz CT molecular complexity index is 1180. The van der Waals surface area contributed by atoms with Crippen molar-refractivity contribution in [1.29, 1.82) is 0 Å². The van der Waals surface area contributed by atoms with Gasteiger partial charge >= 0.3 is 5.97 Å². The first-order valence-electron chi connectivity index (χ1n) is 25.3. The van der Waals surface area contributed by atoms with E-state index in [0.717, 1.165) is 122 Å². The molecule has 0 aliphatic heterocycles. The van der Waals surface area contributed by atoms with Crippen LogP contribution in [0, 0.1) is 0 Å². The molecule has 0 aliphatic rings. The molecule has 0 fully saturated rings. The average Bonchev–Trinajstić information content (AvgIpc) is 3.25. The minimum absolute atomic E-state index is 0.0503. The third-order valence-corrected chi connectivity index (χ3v) is 11.0. The van der Waals surface area contributed by atoms with Crippen LogP contribution in [0.25, 0.3) is 0 Å². The second-order valence-electron chi connectivity index (χ2n) is 16.8. The van der Waals surface area contributed by atoms with E-state index in [0.29, 0.717) is 19.3 Å². The lowest BCUT2D eigenvalue weighted by Gasteiger charge is -2.24. The van der Waals surface area contributed by atoms with Crippen molar-refractivity contribution >= 4 is 11.9 Å². The summed E-state index contributed by atoms with van der Waals surface area (Å²) >= 11 is 0. The van der Waals surface area contributed by atoms with Gasteiger partial charge in [0.2, 0.25) is 5.91 Å². The summed E-state index contributed by atoms with van der Waals surface area (Å²) < 4.78 is 5.91. The van der Waals surface area contributed by atoms with Crippen LogP contribution >= 0.6 is 0 Å². The molecule has 0 aromatic carbocycles. The summed E-state index contributed by atoms with van der Waals surface area (Å²) in [6.45, 7) is 6.23. The summed E-state index contributed by atoms with van der Waals surface area (Å²) in [6.07, 6.45) is 62.1. The van der Waals surface area contributed by atoms with Crippen LogP contribution in [-0.4, -0.2) is 46.9 Å². The lowest BCUT2D eigenvalue weighted by atomic mass is 10.0. The predicted octanol–water partition coefficient (Wildman–Crippen LogP) is 15.2. The number of ether oxygens (including phenoxy) is 1. The van der Waals surface area contributed by atoms with E-state index >= 15 is 0 Å². The minimum atomic E-state index is -0.800. The Balaban J connectivity index is 4.63. The van der Waals surface area contributed by atoms with E-state index in [9.17, 15) is 19.8 Å². The largest absolute Gasteiger partial charge is 0.462 e. The molecule has 0 saturated heterocycles. The number of carbonyl (C=O) groups is 2. The second-order valence-corrected chi connectivity index (χ2v) is 16.8. The minimum Gasteiger partial charge on any atom is -0.462 e. The van der Waals surface area contributed by atoms with Crippen molar-refractivity contribution in [2.75, 3.05) is 6.61 Å². The lowest BCUT2D eigenvalue weighted by Crippen LogP contribution is -2.46. The molecule has 0 rings (SSSR count). The number of nitrogens with one attached hydrogen (secondary N) is 1. The van der Waals surface area contributed by atoms with Gasteiger partial charge in [0.25, 0.3) is 0 Å². The molecule has 3 unspecified atom stereocenters. The maximum atomic E-state index is 13.2. The van der Waals surface area contributed by atoms with Crippen LogP contribution in [-0.2, 0) is 14.3 Å². The van der Waals surface area contributed by atoms with E-state index in [1.54, 1.807) is 0 Å². The molecular formula is C55H95NO5. The Hall–Kier alpha value is -2.96. The third-order valence-electron chi connectivity index (χ3n) is 11.0. The van der Waals surface area contributed by atoms with E-state index < -0.39 is 18.2 Å². The summed E-state index contributed by atoms with van der Waals surface area (Å²) in [4.78, 5) is 26.1. The molecule has 6 heteroatoms. The number of hydrogen-bond donors (Lipinski definition) is 3. The van der Waals surface area contributed by atoms with Gasteiger partial charge in [-0.3, -0.25) is 9.59 Å². The van der Waals surface area contributed by atoms with Gasteiger partial charge in [-0.05, 0) is 96.3 Å². The molecule has 0 heterocycles. The molecule has 0 radical (unpaired) electrons. The summed E-state index contributed by atoms with van der Waals surface area (Å²) in [5.74, 6) is -0.532. The molecule has 3 N–H and O–H groups in total. The highest BCUT2D eigenvalue weighted by molar-refractivity contribution is 5.77. The summed E-state index contributed by atoms with van der Waals surface area (Å²) in [7, 11) is 0. The highest BCUT2D eigenvalue weighted by Crippen LogP contribution is 2.17. The number of allylic oxidation sites excluding steroid dienone is 14. The van der Waals surface area contributed by atoms with Crippen molar-refractivity contribution in [3.63, 3.8) is 0 Å². The highest BCUT2D eigenvalue weighted by atomic mass is 16.5. The van der Waals surface area contributed by atoms with E-state index in [-0.39, 0.29) is 24.9 Å². The maximum absolute atomic E-state index is 13.2. The van der Waals surface area contributed by atoms with Gasteiger partial charge in [0.15, 0.2) is 0 Å². The fourth-order valence-corrected chi connectivity index (χ4v) is 7.20. The summed E-state index contributed by atoms with van der Waals surface area (Å²) in [6, 6.07) is -0.716. The smallest absolute Gasteiger partial charge is 0.306 e. The molecule has 0 aromatic heterocycles.